The number of likely N-dealkylation sites (tertiary alicyclic amines) is 1. The summed E-state index contributed by atoms with van der Waals surface area (Å²) < 4.78 is 22.7. The van der Waals surface area contributed by atoms with Crippen molar-refractivity contribution in [3.63, 3.8) is 0 Å². The number of carbonyl (C=O) groups excluding carboxylic acids is 3. The normalized spacial score (nSPS) is 25.9. The first-order valence-corrected chi connectivity index (χ1v) is 12.6. The third kappa shape index (κ3) is 5.23. The van der Waals surface area contributed by atoms with Crippen LogP contribution in [0.4, 0.5) is 0 Å². The molecule has 0 saturated carbocycles. The summed E-state index contributed by atoms with van der Waals surface area (Å²) >= 11 is 0. The summed E-state index contributed by atoms with van der Waals surface area (Å²) in [4.78, 5) is 41.9. The molecule has 0 unspecified atom stereocenters. The topological polar surface area (TPSA) is 111 Å². The van der Waals surface area contributed by atoms with Crippen LogP contribution < -0.4 is 5.32 Å². The number of hydrogen-bond acceptors (Lipinski definition) is 7. The van der Waals surface area contributed by atoms with Gasteiger partial charge in [-0.2, -0.15) is 0 Å². The lowest BCUT2D eigenvalue weighted by molar-refractivity contribution is -0.180. The molecular formula is C28H36N2O7. The number of piperidine rings is 1. The van der Waals surface area contributed by atoms with E-state index in [1.165, 1.54) is 13.4 Å². The molecule has 1 N–H and O–H groups in total. The van der Waals surface area contributed by atoms with E-state index >= 15 is 0 Å². The highest BCUT2D eigenvalue weighted by Gasteiger charge is 2.60. The van der Waals surface area contributed by atoms with Crippen molar-refractivity contribution >= 4 is 17.8 Å². The Labute approximate surface area is 217 Å². The van der Waals surface area contributed by atoms with Crippen LogP contribution in [0.5, 0.6) is 0 Å². The second-order valence-corrected chi connectivity index (χ2v) is 11.0. The van der Waals surface area contributed by atoms with Gasteiger partial charge >= 0.3 is 5.97 Å². The predicted octanol–water partition coefficient (Wildman–Crippen LogP) is 4.11. The van der Waals surface area contributed by atoms with E-state index < -0.39 is 23.4 Å². The maximum absolute atomic E-state index is 13.9. The smallest absolute Gasteiger partial charge is 0.320 e. The molecule has 37 heavy (non-hydrogen) atoms. The number of methoxy groups -OCH3 is 1. The zero-order valence-electron chi connectivity index (χ0n) is 22.3. The van der Waals surface area contributed by atoms with Gasteiger partial charge in [0.2, 0.25) is 11.8 Å². The molecule has 2 aromatic rings. The number of aryl methyl sites for hydroxylation is 1. The van der Waals surface area contributed by atoms with Crippen LogP contribution in [0.3, 0.4) is 0 Å². The van der Waals surface area contributed by atoms with Gasteiger partial charge in [0, 0.05) is 18.0 Å². The van der Waals surface area contributed by atoms with Gasteiger partial charge in [-0.1, -0.05) is 20.8 Å². The van der Waals surface area contributed by atoms with Crippen molar-refractivity contribution in [1.29, 1.82) is 0 Å². The first-order valence-electron chi connectivity index (χ1n) is 12.6. The van der Waals surface area contributed by atoms with Crippen LogP contribution in [0.15, 0.2) is 51.1 Å². The monoisotopic (exact) mass is 512 g/mol. The zero-order chi connectivity index (χ0) is 27.0. The van der Waals surface area contributed by atoms with Crippen LogP contribution in [-0.2, 0) is 36.9 Å². The second-order valence-electron chi connectivity index (χ2n) is 11.0. The van der Waals surface area contributed by atoms with E-state index in [1.807, 2.05) is 46.8 Å². The lowest BCUT2D eigenvalue weighted by atomic mass is 9.65. The molecule has 4 atom stereocenters. The summed E-state index contributed by atoms with van der Waals surface area (Å²) in [5.41, 5.74) is -0.980. The number of ether oxygens (including phenoxy) is 2. The molecule has 4 heterocycles. The fraction of sp³-hybridized carbons (Fsp3) is 0.536. The quantitative estimate of drug-likeness (QED) is 0.556. The Kier molecular flexibility index (Phi) is 7.37. The van der Waals surface area contributed by atoms with Crippen molar-refractivity contribution in [2.75, 3.05) is 7.11 Å². The summed E-state index contributed by atoms with van der Waals surface area (Å²) in [6.45, 7) is 10.1. The number of rotatable bonds is 7. The summed E-state index contributed by atoms with van der Waals surface area (Å²) in [6, 6.07) is 7.14. The Morgan fingerprint density at radius 2 is 1.97 bits per heavy atom. The van der Waals surface area contributed by atoms with E-state index in [0.717, 1.165) is 5.76 Å². The van der Waals surface area contributed by atoms with Gasteiger partial charge in [0.1, 0.15) is 22.7 Å². The Bertz CT molecular complexity index is 1170. The molecule has 2 amide bonds. The molecule has 4 rings (SSSR count). The lowest BCUT2D eigenvalue weighted by Crippen LogP contribution is -2.60. The number of furan rings is 2. The molecule has 2 aromatic heterocycles. The van der Waals surface area contributed by atoms with E-state index in [4.69, 9.17) is 18.3 Å². The summed E-state index contributed by atoms with van der Waals surface area (Å²) in [5, 5.41) is 2.82. The fourth-order valence-corrected chi connectivity index (χ4v) is 5.22. The predicted molar refractivity (Wildman–Crippen MR) is 134 cm³/mol. The van der Waals surface area contributed by atoms with Crippen LogP contribution in [-0.4, -0.2) is 42.0 Å². The Morgan fingerprint density at radius 1 is 1.22 bits per heavy atom. The molecule has 0 radical (unpaired) electrons. The lowest BCUT2D eigenvalue weighted by Gasteiger charge is -2.52. The van der Waals surface area contributed by atoms with E-state index in [1.54, 1.807) is 23.1 Å². The first-order chi connectivity index (χ1) is 17.5. The van der Waals surface area contributed by atoms with Crippen molar-refractivity contribution in [1.82, 2.24) is 10.2 Å². The maximum atomic E-state index is 13.9. The fourth-order valence-electron chi connectivity index (χ4n) is 5.22. The van der Waals surface area contributed by atoms with Crippen molar-refractivity contribution in [2.45, 2.75) is 72.8 Å². The van der Waals surface area contributed by atoms with Gasteiger partial charge < -0.3 is 28.5 Å². The van der Waals surface area contributed by atoms with Crippen molar-refractivity contribution < 1.29 is 32.7 Å². The van der Waals surface area contributed by atoms with Gasteiger partial charge in [-0.25, -0.2) is 0 Å². The Morgan fingerprint density at radius 3 is 2.57 bits per heavy atom. The first kappa shape index (κ1) is 26.7. The SMILES string of the molecule is COC(=O)[C@]12C[C@H](CC(=O)NCc3ccc(C)o3)C(=O)N(Cc3ccco3)C1=C[C@H](C(C)(C)C)O[C@@H]2C. The molecule has 9 nitrogen and oxygen atoms in total. The third-order valence-electron chi connectivity index (χ3n) is 7.27. The number of hydrogen-bond donors (Lipinski definition) is 1. The molecule has 0 aliphatic carbocycles. The number of esters is 1. The summed E-state index contributed by atoms with van der Waals surface area (Å²) in [6.07, 6.45) is 2.50. The van der Waals surface area contributed by atoms with Crippen molar-refractivity contribution in [3.05, 3.63) is 59.6 Å². The molecule has 2 aliphatic heterocycles. The highest BCUT2D eigenvalue weighted by molar-refractivity contribution is 5.92. The largest absolute Gasteiger partial charge is 0.468 e. The zero-order valence-corrected chi connectivity index (χ0v) is 22.3. The van der Waals surface area contributed by atoms with Gasteiger partial charge in [0.05, 0.1) is 38.7 Å². The minimum absolute atomic E-state index is 0.0887. The Balaban J connectivity index is 1.69. The maximum Gasteiger partial charge on any atom is 0.320 e. The van der Waals surface area contributed by atoms with Crippen molar-refractivity contribution in [2.24, 2.45) is 16.7 Å². The van der Waals surface area contributed by atoms with Crippen LogP contribution in [0.2, 0.25) is 0 Å². The van der Waals surface area contributed by atoms with E-state index in [2.05, 4.69) is 5.32 Å². The van der Waals surface area contributed by atoms with E-state index in [-0.39, 0.29) is 49.3 Å². The van der Waals surface area contributed by atoms with Crippen LogP contribution in [0.25, 0.3) is 0 Å². The highest BCUT2D eigenvalue weighted by atomic mass is 16.5. The van der Waals surface area contributed by atoms with Gasteiger partial charge in [0.25, 0.3) is 0 Å². The molecule has 1 saturated heterocycles. The molecule has 9 heteroatoms. The summed E-state index contributed by atoms with van der Waals surface area (Å²) in [7, 11) is 1.33. The molecule has 200 valence electrons. The molecule has 0 bridgehead atoms. The number of amides is 2. The Hall–Kier alpha value is -3.33. The minimum atomic E-state index is -1.25. The average Bonchev–Trinajstić information content (AvgIpc) is 3.51. The van der Waals surface area contributed by atoms with Gasteiger partial charge in [-0.05, 0) is 56.0 Å². The number of nitrogens with zero attached hydrogens (tertiary/aromatic N) is 1. The van der Waals surface area contributed by atoms with Gasteiger partial charge in [-0.15, -0.1) is 0 Å². The number of carbonyl (C=O) groups is 3. The number of nitrogens with one attached hydrogen (secondary N) is 1. The average molecular weight is 513 g/mol. The van der Waals surface area contributed by atoms with Crippen LogP contribution in [0, 0.1) is 23.7 Å². The molecule has 0 spiro atoms. The summed E-state index contributed by atoms with van der Waals surface area (Å²) in [5.74, 6) is 0.132. The molecule has 0 aromatic carbocycles. The standard InChI is InChI=1S/C28H36N2O7/c1-17-9-10-20(36-17)15-29-24(31)12-19-14-28(26(33)34-6)18(2)37-23(27(3,4)5)13-22(28)30(25(19)32)16-21-8-7-11-35-21/h7-11,13,18-19,23H,12,14-16H2,1-6H3,(H,29,31)/t18-,19+,23-,28+/m1/s1. The second kappa shape index (κ2) is 10.2. The highest BCUT2D eigenvalue weighted by Crippen LogP contribution is 2.52. The molecule has 2 aliphatic rings. The van der Waals surface area contributed by atoms with Gasteiger partial charge in [-0.3, -0.25) is 14.4 Å². The third-order valence-corrected chi connectivity index (χ3v) is 7.27. The van der Waals surface area contributed by atoms with E-state index in [9.17, 15) is 14.4 Å². The van der Waals surface area contributed by atoms with Crippen LogP contribution >= 0.6 is 0 Å². The van der Waals surface area contributed by atoms with Gasteiger partial charge in [0.15, 0.2) is 0 Å². The van der Waals surface area contributed by atoms with Crippen LogP contribution in [0.1, 0.15) is 57.8 Å². The van der Waals surface area contributed by atoms with E-state index in [0.29, 0.717) is 17.2 Å². The molecular weight excluding hydrogens is 476 g/mol. The molecule has 1 fully saturated rings. The minimum Gasteiger partial charge on any atom is -0.468 e. The van der Waals surface area contributed by atoms with Crippen molar-refractivity contribution in [3.8, 4) is 0 Å². The number of fused-ring (bicyclic) bond motifs is 1.